The number of halogens is 1. The van der Waals surface area contributed by atoms with Gasteiger partial charge in [-0.05, 0) is 30.3 Å². The topological polar surface area (TPSA) is 48.3 Å². The molecule has 1 heterocycles. The van der Waals surface area contributed by atoms with Crippen LogP contribution >= 0.6 is 0 Å². The number of carbonyl (C=O) groups is 2. The number of hydrogen-bond acceptors (Lipinski definition) is 3. The maximum atomic E-state index is 12.8. The number of aromatic nitrogens is 1. The molecule has 1 aromatic heterocycles. The molecule has 23 heavy (non-hydrogen) atoms. The standard InChI is InChI=1S/C18H14FNO3/c1-20-10-15(14-4-2-3-5-16(14)20)18(22)23-11-17(21)12-6-8-13(19)9-7-12/h2-10H,11H2,1H3. The molecule has 0 saturated heterocycles. The first-order valence-electron chi connectivity index (χ1n) is 7.06. The van der Waals surface area contributed by atoms with E-state index < -0.39 is 11.8 Å². The second-order valence-electron chi connectivity index (χ2n) is 5.18. The summed E-state index contributed by atoms with van der Waals surface area (Å²) in [6, 6.07) is 12.6. The van der Waals surface area contributed by atoms with Crippen molar-refractivity contribution in [3.8, 4) is 0 Å². The molecule has 0 N–H and O–H groups in total. The van der Waals surface area contributed by atoms with Crippen molar-refractivity contribution in [1.82, 2.24) is 4.57 Å². The molecular weight excluding hydrogens is 297 g/mol. The maximum absolute atomic E-state index is 12.8. The normalized spacial score (nSPS) is 10.7. The van der Waals surface area contributed by atoms with Crippen LogP contribution in [0.3, 0.4) is 0 Å². The fourth-order valence-electron chi connectivity index (χ4n) is 2.43. The molecule has 0 amide bonds. The minimum atomic E-state index is -0.558. The number of aryl methyl sites for hydroxylation is 1. The molecule has 0 fully saturated rings. The smallest absolute Gasteiger partial charge is 0.340 e. The summed E-state index contributed by atoms with van der Waals surface area (Å²) in [6.45, 7) is -0.381. The van der Waals surface area contributed by atoms with E-state index >= 15 is 0 Å². The minimum absolute atomic E-state index is 0.303. The quantitative estimate of drug-likeness (QED) is 0.548. The van der Waals surface area contributed by atoms with E-state index in [0.29, 0.717) is 11.1 Å². The average molecular weight is 311 g/mol. The summed E-state index contributed by atoms with van der Waals surface area (Å²) in [6.07, 6.45) is 1.68. The Morgan fingerprint density at radius 3 is 2.52 bits per heavy atom. The molecular formula is C18H14FNO3. The van der Waals surface area contributed by atoms with Gasteiger partial charge in [-0.1, -0.05) is 18.2 Å². The number of rotatable bonds is 4. The molecule has 3 rings (SSSR count). The number of hydrogen-bond donors (Lipinski definition) is 0. The molecule has 3 aromatic rings. The molecule has 116 valence electrons. The van der Waals surface area contributed by atoms with E-state index in [4.69, 9.17) is 4.74 Å². The summed E-state index contributed by atoms with van der Waals surface area (Å²) in [5.41, 5.74) is 1.62. The summed E-state index contributed by atoms with van der Waals surface area (Å²) in [5, 5.41) is 0.772. The predicted octanol–water partition coefficient (Wildman–Crippen LogP) is 3.36. The lowest BCUT2D eigenvalue weighted by atomic mass is 10.1. The zero-order chi connectivity index (χ0) is 16.4. The first kappa shape index (κ1) is 15.0. The monoisotopic (exact) mass is 311 g/mol. The van der Waals surface area contributed by atoms with Crippen LogP contribution in [0.15, 0.2) is 54.7 Å². The molecule has 4 nitrogen and oxygen atoms in total. The lowest BCUT2D eigenvalue weighted by Gasteiger charge is -2.04. The van der Waals surface area contributed by atoms with Gasteiger partial charge in [-0.25, -0.2) is 9.18 Å². The Hall–Kier alpha value is -2.95. The Bertz CT molecular complexity index is 881. The second-order valence-corrected chi connectivity index (χ2v) is 5.18. The first-order valence-corrected chi connectivity index (χ1v) is 7.06. The highest BCUT2D eigenvalue weighted by atomic mass is 19.1. The van der Waals surface area contributed by atoms with Crippen molar-refractivity contribution in [2.75, 3.05) is 6.61 Å². The molecule has 0 aliphatic heterocycles. The van der Waals surface area contributed by atoms with Gasteiger partial charge >= 0.3 is 5.97 Å². The number of esters is 1. The Morgan fingerprint density at radius 2 is 1.78 bits per heavy atom. The minimum Gasteiger partial charge on any atom is -0.454 e. The van der Waals surface area contributed by atoms with Crippen molar-refractivity contribution >= 4 is 22.7 Å². The van der Waals surface area contributed by atoms with E-state index in [1.165, 1.54) is 24.3 Å². The molecule has 2 aromatic carbocycles. The third-order valence-electron chi connectivity index (χ3n) is 3.62. The highest BCUT2D eigenvalue weighted by Gasteiger charge is 2.16. The maximum Gasteiger partial charge on any atom is 0.340 e. The van der Waals surface area contributed by atoms with Crippen LogP contribution in [0.4, 0.5) is 4.39 Å². The highest BCUT2D eigenvalue weighted by Crippen LogP contribution is 2.21. The van der Waals surface area contributed by atoms with Crippen LogP contribution in [0.5, 0.6) is 0 Å². The van der Waals surface area contributed by atoms with Gasteiger partial charge in [-0.2, -0.15) is 0 Å². The average Bonchev–Trinajstić information content (AvgIpc) is 2.90. The van der Waals surface area contributed by atoms with Gasteiger partial charge in [0.05, 0.1) is 5.56 Å². The SMILES string of the molecule is Cn1cc(C(=O)OCC(=O)c2ccc(F)cc2)c2ccccc21. The number of carbonyl (C=O) groups excluding carboxylic acids is 2. The van der Waals surface area contributed by atoms with Gasteiger partial charge in [0, 0.05) is 29.7 Å². The molecule has 0 aliphatic rings. The van der Waals surface area contributed by atoms with Crippen molar-refractivity contribution in [2.45, 2.75) is 0 Å². The number of ether oxygens (including phenoxy) is 1. The summed E-state index contributed by atoms with van der Waals surface area (Å²) in [5.74, 6) is -1.36. The summed E-state index contributed by atoms with van der Waals surface area (Å²) in [4.78, 5) is 24.2. The van der Waals surface area contributed by atoms with Crippen LogP contribution < -0.4 is 0 Å². The van der Waals surface area contributed by atoms with Gasteiger partial charge in [0.2, 0.25) is 0 Å². The number of benzene rings is 2. The Morgan fingerprint density at radius 1 is 1.09 bits per heavy atom. The van der Waals surface area contributed by atoms with E-state index in [1.807, 2.05) is 35.9 Å². The molecule has 5 heteroatoms. The van der Waals surface area contributed by atoms with E-state index in [-0.39, 0.29) is 12.4 Å². The molecule has 0 radical (unpaired) electrons. The number of fused-ring (bicyclic) bond motifs is 1. The number of ketones is 1. The van der Waals surface area contributed by atoms with Crippen LogP contribution in [0.2, 0.25) is 0 Å². The van der Waals surface area contributed by atoms with E-state index in [0.717, 1.165) is 10.9 Å². The van der Waals surface area contributed by atoms with Gasteiger partial charge < -0.3 is 9.30 Å². The second kappa shape index (κ2) is 6.04. The third kappa shape index (κ3) is 2.99. The van der Waals surface area contributed by atoms with Crippen molar-refractivity contribution in [2.24, 2.45) is 7.05 Å². The lowest BCUT2D eigenvalue weighted by molar-refractivity contribution is 0.0476. The van der Waals surface area contributed by atoms with E-state index in [1.54, 1.807) is 6.20 Å². The summed E-state index contributed by atoms with van der Waals surface area (Å²) >= 11 is 0. The third-order valence-corrected chi connectivity index (χ3v) is 3.62. The fourth-order valence-corrected chi connectivity index (χ4v) is 2.43. The first-order chi connectivity index (χ1) is 11.1. The number of para-hydroxylation sites is 1. The fraction of sp³-hybridized carbons (Fsp3) is 0.111. The largest absolute Gasteiger partial charge is 0.454 e. The van der Waals surface area contributed by atoms with Gasteiger partial charge in [0.15, 0.2) is 12.4 Å². The van der Waals surface area contributed by atoms with Gasteiger partial charge in [-0.15, -0.1) is 0 Å². The van der Waals surface area contributed by atoms with Crippen LogP contribution in [-0.2, 0) is 11.8 Å². The molecule has 0 unspecified atom stereocenters. The van der Waals surface area contributed by atoms with E-state index in [9.17, 15) is 14.0 Å². The van der Waals surface area contributed by atoms with E-state index in [2.05, 4.69) is 0 Å². The van der Waals surface area contributed by atoms with Crippen LogP contribution in [0.25, 0.3) is 10.9 Å². The van der Waals surface area contributed by atoms with Gasteiger partial charge in [0.1, 0.15) is 5.82 Å². The van der Waals surface area contributed by atoms with Crippen molar-refractivity contribution in [1.29, 1.82) is 0 Å². The zero-order valence-electron chi connectivity index (χ0n) is 12.5. The van der Waals surface area contributed by atoms with Crippen LogP contribution in [0, 0.1) is 5.82 Å². The molecule has 0 spiro atoms. The Balaban J connectivity index is 1.74. The summed E-state index contributed by atoms with van der Waals surface area (Å²) < 4.78 is 19.8. The molecule has 0 saturated carbocycles. The van der Waals surface area contributed by atoms with Crippen molar-refractivity contribution in [3.63, 3.8) is 0 Å². The highest BCUT2D eigenvalue weighted by molar-refractivity contribution is 6.05. The zero-order valence-corrected chi connectivity index (χ0v) is 12.5. The van der Waals surface area contributed by atoms with Crippen molar-refractivity contribution in [3.05, 3.63) is 71.7 Å². The summed E-state index contributed by atoms with van der Waals surface area (Å²) in [7, 11) is 1.84. The molecule has 0 aliphatic carbocycles. The van der Waals surface area contributed by atoms with Crippen molar-refractivity contribution < 1.29 is 18.7 Å². The molecule has 0 bridgehead atoms. The lowest BCUT2D eigenvalue weighted by Crippen LogP contribution is -2.14. The Kier molecular flexibility index (Phi) is 3.93. The van der Waals surface area contributed by atoms with Gasteiger partial charge in [0.25, 0.3) is 0 Å². The Labute approximate surface area is 132 Å². The van der Waals surface area contributed by atoms with Crippen LogP contribution in [0.1, 0.15) is 20.7 Å². The van der Waals surface area contributed by atoms with Gasteiger partial charge in [-0.3, -0.25) is 4.79 Å². The molecule has 0 atom stereocenters. The predicted molar refractivity (Wildman–Crippen MR) is 83.9 cm³/mol. The number of Topliss-reactive ketones (excluding diaryl/α,β-unsaturated/α-hetero) is 1. The van der Waals surface area contributed by atoms with Crippen LogP contribution in [-0.4, -0.2) is 22.9 Å². The number of nitrogens with zero attached hydrogens (tertiary/aromatic N) is 1.